The van der Waals surface area contributed by atoms with Crippen molar-refractivity contribution in [2.24, 2.45) is 5.92 Å². The van der Waals surface area contributed by atoms with Crippen LogP contribution in [0.1, 0.15) is 39.0 Å². The molecule has 3 unspecified atom stereocenters. The third-order valence-corrected chi connectivity index (χ3v) is 5.05. The zero-order valence-electron chi connectivity index (χ0n) is 13.5. The number of nitrogens with zero attached hydrogens (tertiary/aromatic N) is 2. The van der Waals surface area contributed by atoms with Gasteiger partial charge in [0, 0.05) is 32.1 Å². The van der Waals surface area contributed by atoms with Crippen molar-refractivity contribution in [2.75, 3.05) is 33.7 Å². The van der Waals surface area contributed by atoms with E-state index >= 15 is 0 Å². The highest BCUT2D eigenvalue weighted by Crippen LogP contribution is 2.21. The Morgan fingerprint density at radius 3 is 2.62 bits per heavy atom. The molecule has 2 aliphatic heterocycles. The molecule has 2 rings (SSSR count). The van der Waals surface area contributed by atoms with E-state index in [9.17, 15) is 4.79 Å². The molecule has 0 aromatic carbocycles. The van der Waals surface area contributed by atoms with Gasteiger partial charge in [-0.1, -0.05) is 0 Å². The van der Waals surface area contributed by atoms with E-state index in [1.54, 1.807) is 0 Å². The lowest BCUT2D eigenvalue weighted by atomic mass is 9.96. The van der Waals surface area contributed by atoms with Crippen LogP contribution in [0.25, 0.3) is 0 Å². The molecular weight excluding hydrogens is 309 g/mol. The van der Waals surface area contributed by atoms with Gasteiger partial charge in [-0.25, -0.2) is 0 Å². The van der Waals surface area contributed by atoms with Crippen molar-refractivity contribution in [1.82, 2.24) is 15.1 Å². The zero-order valence-corrected chi connectivity index (χ0v) is 15.1. The predicted molar refractivity (Wildman–Crippen MR) is 92.6 cm³/mol. The quantitative estimate of drug-likeness (QED) is 0.852. The highest BCUT2D eigenvalue weighted by Gasteiger charge is 2.28. The Labute approximate surface area is 141 Å². The molecule has 2 saturated heterocycles. The van der Waals surface area contributed by atoms with E-state index in [0.717, 1.165) is 45.3 Å². The Morgan fingerprint density at radius 1 is 1.33 bits per heavy atom. The van der Waals surface area contributed by atoms with Crippen LogP contribution in [0.15, 0.2) is 0 Å². The van der Waals surface area contributed by atoms with E-state index < -0.39 is 0 Å². The summed E-state index contributed by atoms with van der Waals surface area (Å²) in [7, 11) is 4.17. The fraction of sp³-hybridized carbons (Fsp3) is 0.933. The maximum Gasteiger partial charge on any atom is 0.222 e. The molecule has 0 saturated carbocycles. The van der Waals surface area contributed by atoms with E-state index in [2.05, 4.69) is 24.2 Å². The summed E-state index contributed by atoms with van der Waals surface area (Å²) < 4.78 is 0. The number of carbonyl (C=O) groups is 1. The molecule has 21 heavy (non-hydrogen) atoms. The summed E-state index contributed by atoms with van der Waals surface area (Å²) in [5.74, 6) is 1.06. The Bertz CT molecular complexity index is 311. The van der Waals surface area contributed by atoms with Crippen LogP contribution >= 0.6 is 24.8 Å². The Hall–Kier alpha value is -0.0300. The molecule has 1 amide bonds. The average molecular weight is 340 g/mol. The van der Waals surface area contributed by atoms with Gasteiger partial charge in [-0.15, -0.1) is 24.8 Å². The van der Waals surface area contributed by atoms with Crippen molar-refractivity contribution in [3.63, 3.8) is 0 Å². The first-order valence-electron chi connectivity index (χ1n) is 7.74. The second kappa shape index (κ2) is 9.88. The lowest BCUT2D eigenvalue weighted by molar-refractivity contribution is -0.133. The first-order chi connectivity index (χ1) is 9.08. The molecule has 0 bridgehead atoms. The fourth-order valence-electron chi connectivity index (χ4n) is 3.28. The van der Waals surface area contributed by atoms with Gasteiger partial charge in [-0.3, -0.25) is 4.79 Å². The van der Waals surface area contributed by atoms with Crippen LogP contribution in [-0.4, -0.2) is 61.5 Å². The molecule has 2 heterocycles. The van der Waals surface area contributed by atoms with Gasteiger partial charge < -0.3 is 15.1 Å². The predicted octanol–water partition coefficient (Wildman–Crippen LogP) is 2.16. The van der Waals surface area contributed by atoms with Crippen molar-refractivity contribution in [3.8, 4) is 0 Å². The third kappa shape index (κ3) is 5.93. The summed E-state index contributed by atoms with van der Waals surface area (Å²) in [6, 6.07) is 1.04. The maximum atomic E-state index is 12.3. The van der Waals surface area contributed by atoms with Crippen LogP contribution in [-0.2, 0) is 4.79 Å². The summed E-state index contributed by atoms with van der Waals surface area (Å²) >= 11 is 0. The Kier molecular flexibility index (Phi) is 9.87. The number of carbonyl (C=O) groups excluding carboxylic acids is 1. The van der Waals surface area contributed by atoms with Crippen LogP contribution in [0, 0.1) is 5.92 Å². The second-order valence-corrected chi connectivity index (χ2v) is 6.41. The standard InChI is InChI=1S/C15H29N3O.2ClH/c1-12-10-14(7-9-17(12)2)18(3)15(19)5-4-13-6-8-16-11-13;;/h12-14,16H,4-11H2,1-3H3;2*1H. The minimum absolute atomic E-state index is 0. The third-order valence-electron chi connectivity index (χ3n) is 5.05. The van der Waals surface area contributed by atoms with Gasteiger partial charge in [-0.05, 0) is 58.7 Å². The monoisotopic (exact) mass is 339 g/mol. The molecule has 0 aliphatic carbocycles. The minimum Gasteiger partial charge on any atom is -0.343 e. The minimum atomic E-state index is 0. The smallest absolute Gasteiger partial charge is 0.222 e. The summed E-state index contributed by atoms with van der Waals surface area (Å²) in [5.41, 5.74) is 0. The molecule has 4 nitrogen and oxygen atoms in total. The molecule has 2 aliphatic rings. The Morgan fingerprint density at radius 2 is 2.05 bits per heavy atom. The molecule has 0 spiro atoms. The van der Waals surface area contributed by atoms with Gasteiger partial charge in [0.1, 0.15) is 0 Å². The SMILES string of the molecule is CC1CC(N(C)C(=O)CCC2CCNC2)CCN1C.Cl.Cl. The molecule has 126 valence electrons. The second-order valence-electron chi connectivity index (χ2n) is 6.41. The number of likely N-dealkylation sites (tertiary alicyclic amines) is 1. The maximum absolute atomic E-state index is 12.3. The molecule has 1 N–H and O–H groups in total. The molecule has 3 atom stereocenters. The first-order valence-corrected chi connectivity index (χ1v) is 7.74. The van der Waals surface area contributed by atoms with E-state index in [-0.39, 0.29) is 24.8 Å². The van der Waals surface area contributed by atoms with Gasteiger partial charge in [0.05, 0.1) is 0 Å². The van der Waals surface area contributed by atoms with Crippen molar-refractivity contribution in [3.05, 3.63) is 0 Å². The van der Waals surface area contributed by atoms with Gasteiger partial charge in [0.25, 0.3) is 0 Å². The van der Waals surface area contributed by atoms with E-state index in [4.69, 9.17) is 0 Å². The van der Waals surface area contributed by atoms with E-state index in [0.29, 0.717) is 23.9 Å². The highest BCUT2D eigenvalue weighted by atomic mass is 35.5. The lowest BCUT2D eigenvalue weighted by Crippen LogP contribution is -2.48. The van der Waals surface area contributed by atoms with E-state index in [1.165, 1.54) is 6.42 Å². The van der Waals surface area contributed by atoms with Gasteiger partial charge in [-0.2, -0.15) is 0 Å². The van der Waals surface area contributed by atoms with Crippen molar-refractivity contribution in [1.29, 1.82) is 0 Å². The fourth-order valence-corrected chi connectivity index (χ4v) is 3.28. The molecule has 2 fully saturated rings. The largest absolute Gasteiger partial charge is 0.343 e. The normalized spacial score (nSPS) is 29.4. The molecule has 6 heteroatoms. The van der Waals surface area contributed by atoms with Crippen molar-refractivity contribution >= 4 is 30.7 Å². The molecule has 0 aromatic heterocycles. The first kappa shape index (κ1) is 21.0. The number of hydrogen-bond acceptors (Lipinski definition) is 3. The summed E-state index contributed by atoms with van der Waals surface area (Å²) in [6.45, 7) is 5.59. The number of halogens is 2. The van der Waals surface area contributed by atoms with Crippen LogP contribution in [0.3, 0.4) is 0 Å². The summed E-state index contributed by atoms with van der Waals surface area (Å²) in [6.07, 6.45) is 5.25. The van der Waals surface area contributed by atoms with Crippen LogP contribution in [0.5, 0.6) is 0 Å². The van der Waals surface area contributed by atoms with Gasteiger partial charge >= 0.3 is 0 Å². The number of amides is 1. The number of nitrogens with one attached hydrogen (secondary N) is 1. The zero-order chi connectivity index (χ0) is 13.8. The molecule has 0 aromatic rings. The Balaban J connectivity index is 0.00000200. The van der Waals surface area contributed by atoms with E-state index in [1.807, 2.05) is 11.9 Å². The number of hydrogen-bond donors (Lipinski definition) is 1. The topological polar surface area (TPSA) is 35.6 Å². The highest BCUT2D eigenvalue weighted by molar-refractivity contribution is 5.85. The van der Waals surface area contributed by atoms with Crippen molar-refractivity contribution in [2.45, 2.75) is 51.1 Å². The van der Waals surface area contributed by atoms with Gasteiger partial charge in [0.15, 0.2) is 0 Å². The van der Waals surface area contributed by atoms with Crippen LogP contribution < -0.4 is 5.32 Å². The van der Waals surface area contributed by atoms with Crippen LogP contribution in [0.4, 0.5) is 0 Å². The average Bonchev–Trinajstić information content (AvgIpc) is 2.91. The number of rotatable bonds is 4. The lowest BCUT2D eigenvalue weighted by Gasteiger charge is -2.39. The molecular formula is C15H31Cl2N3O. The number of piperidine rings is 1. The summed E-state index contributed by atoms with van der Waals surface area (Å²) in [4.78, 5) is 16.7. The van der Waals surface area contributed by atoms with Crippen LogP contribution in [0.2, 0.25) is 0 Å². The summed E-state index contributed by atoms with van der Waals surface area (Å²) in [5, 5.41) is 3.37. The molecule has 0 radical (unpaired) electrons. The van der Waals surface area contributed by atoms with Gasteiger partial charge in [0.2, 0.25) is 5.91 Å². The van der Waals surface area contributed by atoms with Crippen molar-refractivity contribution < 1.29 is 4.79 Å².